The normalized spacial score (nSPS) is 20.7. The fourth-order valence-corrected chi connectivity index (χ4v) is 3.56. The minimum Gasteiger partial charge on any atom is -0.379 e. The van der Waals surface area contributed by atoms with Crippen LogP contribution in [0.3, 0.4) is 0 Å². The smallest absolute Gasteiger partial charge is 0.0897 e. The van der Waals surface area contributed by atoms with Gasteiger partial charge in [-0.25, -0.2) is 4.68 Å². The van der Waals surface area contributed by atoms with Crippen LogP contribution in [0.5, 0.6) is 0 Å². The zero-order valence-corrected chi connectivity index (χ0v) is 15.1. The van der Waals surface area contributed by atoms with Gasteiger partial charge in [0.25, 0.3) is 0 Å². The lowest BCUT2D eigenvalue weighted by Crippen LogP contribution is -2.24. The number of benzene rings is 1. The summed E-state index contributed by atoms with van der Waals surface area (Å²) in [4.78, 5) is 2.37. The third-order valence-corrected chi connectivity index (χ3v) is 4.90. The first-order valence-electron chi connectivity index (χ1n) is 8.75. The molecule has 8 heteroatoms. The number of hydrogen-bond acceptors (Lipinski definition) is 6. The number of methoxy groups -OCH3 is 1. The van der Waals surface area contributed by atoms with Crippen molar-refractivity contribution in [3.63, 3.8) is 0 Å². The van der Waals surface area contributed by atoms with Crippen LogP contribution in [0.2, 0.25) is 0 Å². The van der Waals surface area contributed by atoms with E-state index in [1.165, 1.54) is 5.56 Å². The predicted molar refractivity (Wildman–Crippen MR) is 95.4 cm³/mol. The molecule has 136 valence electrons. The molecule has 8 nitrogen and oxygen atoms in total. The Kier molecular flexibility index (Phi) is 4.77. The Morgan fingerprint density at radius 2 is 1.96 bits per heavy atom. The second kappa shape index (κ2) is 7.35. The molecule has 0 unspecified atom stereocenters. The third-order valence-electron chi connectivity index (χ3n) is 4.90. The number of likely N-dealkylation sites (tertiary alicyclic amines) is 1. The van der Waals surface area contributed by atoms with Crippen molar-refractivity contribution in [1.29, 1.82) is 0 Å². The van der Waals surface area contributed by atoms with Crippen molar-refractivity contribution in [2.45, 2.75) is 25.1 Å². The quantitative estimate of drug-likeness (QED) is 0.660. The van der Waals surface area contributed by atoms with E-state index in [1.54, 1.807) is 11.8 Å². The summed E-state index contributed by atoms with van der Waals surface area (Å²) in [5.41, 5.74) is 3.30. The van der Waals surface area contributed by atoms with Crippen LogP contribution in [0, 0.1) is 0 Å². The first-order valence-corrected chi connectivity index (χ1v) is 8.75. The average molecular weight is 353 g/mol. The molecule has 1 aliphatic heterocycles. The summed E-state index contributed by atoms with van der Waals surface area (Å²) < 4.78 is 9.41. The molecule has 0 amide bonds. The van der Waals surface area contributed by atoms with Gasteiger partial charge in [0.1, 0.15) is 0 Å². The maximum Gasteiger partial charge on any atom is 0.0897 e. The van der Waals surface area contributed by atoms with Crippen LogP contribution in [0.15, 0.2) is 42.7 Å². The molecule has 1 saturated heterocycles. The van der Waals surface area contributed by atoms with E-state index in [2.05, 4.69) is 37.7 Å². The van der Waals surface area contributed by atoms with Crippen molar-refractivity contribution in [2.75, 3.05) is 20.2 Å². The van der Waals surface area contributed by atoms with Crippen molar-refractivity contribution >= 4 is 0 Å². The molecular formula is C18H23N7O. The Bertz CT molecular complexity index is 844. The van der Waals surface area contributed by atoms with Crippen LogP contribution in [-0.2, 0) is 24.9 Å². The molecule has 0 bridgehead atoms. The van der Waals surface area contributed by atoms with E-state index in [1.807, 2.05) is 42.3 Å². The molecule has 2 aromatic heterocycles. The van der Waals surface area contributed by atoms with Gasteiger partial charge in [0.05, 0.1) is 30.2 Å². The van der Waals surface area contributed by atoms with Crippen LogP contribution in [-0.4, -0.2) is 61.2 Å². The summed E-state index contributed by atoms with van der Waals surface area (Å²) in [6.45, 7) is 3.25. The van der Waals surface area contributed by atoms with E-state index < -0.39 is 0 Å². The summed E-state index contributed by atoms with van der Waals surface area (Å²) in [7, 11) is 3.65. The van der Waals surface area contributed by atoms with Crippen LogP contribution in [0.1, 0.15) is 22.9 Å². The number of ether oxygens (including phenoxy) is 1. The Morgan fingerprint density at radius 1 is 1.12 bits per heavy atom. The largest absolute Gasteiger partial charge is 0.379 e. The van der Waals surface area contributed by atoms with Crippen molar-refractivity contribution in [2.24, 2.45) is 7.05 Å². The standard InChI is InChI=1S/C18H23N7O/c1-23-12-17(20-22-23)16-11-24(13-18(16)26-2)10-15-8-19-21-25(15)9-14-6-4-3-5-7-14/h3-8,12,16,18H,9-11,13H2,1-2H3/t16-,18+/m0/s1. The average Bonchev–Trinajstić information content (AvgIpc) is 3.37. The van der Waals surface area contributed by atoms with E-state index >= 15 is 0 Å². The predicted octanol–water partition coefficient (Wildman–Crippen LogP) is 1.07. The highest BCUT2D eigenvalue weighted by atomic mass is 16.5. The monoisotopic (exact) mass is 353 g/mol. The molecule has 0 saturated carbocycles. The Hall–Kier alpha value is -2.58. The van der Waals surface area contributed by atoms with Gasteiger partial charge in [-0.05, 0) is 5.56 Å². The fraction of sp³-hybridized carbons (Fsp3) is 0.444. The van der Waals surface area contributed by atoms with Crippen LogP contribution in [0.4, 0.5) is 0 Å². The zero-order chi connectivity index (χ0) is 17.9. The van der Waals surface area contributed by atoms with Gasteiger partial charge in [-0.3, -0.25) is 9.58 Å². The lowest BCUT2D eigenvalue weighted by atomic mass is 10.0. The van der Waals surface area contributed by atoms with Crippen molar-refractivity contribution in [1.82, 2.24) is 34.9 Å². The van der Waals surface area contributed by atoms with Crippen molar-refractivity contribution in [3.05, 3.63) is 59.7 Å². The molecule has 0 N–H and O–H groups in total. The van der Waals surface area contributed by atoms with Gasteiger partial charge in [0.2, 0.25) is 0 Å². The molecule has 3 heterocycles. The SMILES string of the molecule is CO[C@@H]1CN(Cc2cnnn2Cc2ccccc2)C[C@H]1c1cn(C)nn1. The van der Waals surface area contributed by atoms with Gasteiger partial charge in [0, 0.05) is 45.9 Å². The van der Waals surface area contributed by atoms with Crippen molar-refractivity contribution in [3.8, 4) is 0 Å². The highest BCUT2D eigenvalue weighted by Gasteiger charge is 2.36. The minimum absolute atomic E-state index is 0.116. The molecule has 4 rings (SSSR count). The van der Waals surface area contributed by atoms with Crippen molar-refractivity contribution < 1.29 is 4.74 Å². The van der Waals surface area contributed by atoms with E-state index in [0.717, 1.165) is 37.6 Å². The third kappa shape index (κ3) is 3.51. The number of hydrogen-bond donors (Lipinski definition) is 0. The second-order valence-electron chi connectivity index (χ2n) is 6.76. The lowest BCUT2D eigenvalue weighted by Gasteiger charge is -2.15. The maximum absolute atomic E-state index is 5.71. The number of nitrogens with zero attached hydrogens (tertiary/aromatic N) is 7. The summed E-state index contributed by atoms with van der Waals surface area (Å²) in [6.07, 6.45) is 3.94. The first-order chi connectivity index (χ1) is 12.7. The molecule has 1 fully saturated rings. The molecule has 0 spiro atoms. The Balaban J connectivity index is 1.46. The lowest BCUT2D eigenvalue weighted by molar-refractivity contribution is 0.0955. The molecule has 1 aliphatic rings. The van der Waals surface area contributed by atoms with Gasteiger partial charge in [-0.15, -0.1) is 10.2 Å². The topological polar surface area (TPSA) is 73.9 Å². The molecule has 3 aromatic rings. The first kappa shape index (κ1) is 16.9. The van der Waals surface area contributed by atoms with E-state index in [4.69, 9.17) is 4.74 Å². The van der Waals surface area contributed by atoms with Crippen LogP contribution < -0.4 is 0 Å². The minimum atomic E-state index is 0.116. The molecular weight excluding hydrogens is 330 g/mol. The van der Waals surface area contributed by atoms with Crippen LogP contribution >= 0.6 is 0 Å². The van der Waals surface area contributed by atoms with E-state index in [9.17, 15) is 0 Å². The highest BCUT2D eigenvalue weighted by Crippen LogP contribution is 2.29. The van der Waals surface area contributed by atoms with Crippen LogP contribution in [0.25, 0.3) is 0 Å². The fourth-order valence-electron chi connectivity index (χ4n) is 3.56. The van der Waals surface area contributed by atoms with Gasteiger partial charge >= 0.3 is 0 Å². The van der Waals surface area contributed by atoms with E-state index in [-0.39, 0.29) is 12.0 Å². The Morgan fingerprint density at radius 3 is 2.69 bits per heavy atom. The van der Waals surface area contributed by atoms with Gasteiger partial charge in [0.15, 0.2) is 0 Å². The summed E-state index contributed by atoms with van der Waals surface area (Å²) in [5, 5.41) is 16.7. The molecule has 26 heavy (non-hydrogen) atoms. The maximum atomic E-state index is 5.71. The van der Waals surface area contributed by atoms with Gasteiger partial charge in [-0.2, -0.15) is 0 Å². The molecule has 0 radical (unpaired) electrons. The summed E-state index contributed by atoms with van der Waals surface area (Å²) >= 11 is 0. The zero-order valence-electron chi connectivity index (χ0n) is 15.1. The highest BCUT2D eigenvalue weighted by molar-refractivity contribution is 5.16. The van der Waals surface area contributed by atoms with E-state index in [0.29, 0.717) is 0 Å². The van der Waals surface area contributed by atoms with Gasteiger partial charge in [-0.1, -0.05) is 40.8 Å². The van der Waals surface area contributed by atoms with Gasteiger partial charge < -0.3 is 4.74 Å². The molecule has 1 aromatic carbocycles. The number of aromatic nitrogens is 6. The summed E-state index contributed by atoms with van der Waals surface area (Å²) in [6, 6.07) is 10.3. The number of aryl methyl sites for hydroxylation is 1. The summed E-state index contributed by atoms with van der Waals surface area (Å²) in [5.74, 6) is 0.229. The number of rotatable bonds is 6. The molecule has 2 atom stereocenters. The second-order valence-corrected chi connectivity index (χ2v) is 6.76. The molecule has 0 aliphatic carbocycles. The Labute approximate surface area is 152 Å².